The standard InChI is InChI=1S/C20H34N6.HI/c1-15(2)26(16(3)4)14-13-23-20(21-5)22-12-8-11-19-24-17-9-6-7-10-18(17)25-19;/h6-7,9-10,15-16H,8,11-14H2,1-5H3,(H,24,25)(H2,21,22,23);1H. The largest absolute Gasteiger partial charge is 0.356 e. The van der Waals surface area contributed by atoms with Crippen LogP contribution in [0.25, 0.3) is 11.0 Å². The molecule has 27 heavy (non-hydrogen) atoms. The van der Waals surface area contributed by atoms with Crippen molar-refractivity contribution in [3.63, 3.8) is 0 Å². The number of para-hydroxylation sites is 2. The number of benzene rings is 1. The SMILES string of the molecule is CN=C(NCCCc1nc2ccccc2[nH]1)NCCN(C(C)C)C(C)C.I. The summed E-state index contributed by atoms with van der Waals surface area (Å²) in [6.07, 6.45) is 1.93. The van der Waals surface area contributed by atoms with Crippen LogP contribution in [-0.2, 0) is 6.42 Å². The summed E-state index contributed by atoms with van der Waals surface area (Å²) in [6, 6.07) is 9.25. The van der Waals surface area contributed by atoms with Gasteiger partial charge in [0.05, 0.1) is 11.0 Å². The molecule has 2 aromatic rings. The van der Waals surface area contributed by atoms with Gasteiger partial charge < -0.3 is 15.6 Å². The molecule has 0 fully saturated rings. The zero-order chi connectivity index (χ0) is 18.9. The zero-order valence-corrected chi connectivity index (χ0v) is 19.6. The van der Waals surface area contributed by atoms with E-state index in [2.05, 4.69) is 64.3 Å². The fourth-order valence-corrected chi connectivity index (χ4v) is 3.22. The molecule has 0 saturated carbocycles. The molecule has 152 valence electrons. The molecule has 1 aromatic heterocycles. The molecule has 1 heterocycles. The summed E-state index contributed by atoms with van der Waals surface area (Å²) in [5, 5.41) is 6.79. The molecule has 1 aromatic carbocycles. The van der Waals surface area contributed by atoms with E-state index in [4.69, 9.17) is 0 Å². The molecule has 0 aliphatic heterocycles. The summed E-state index contributed by atoms with van der Waals surface area (Å²) in [6.45, 7) is 11.7. The molecule has 0 radical (unpaired) electrons. The summed E-state index contributed by atoms with van der Waals surface area (Å²) in [5.41, 5.74) is 2.14. The minimum Gasteiger partial charge on any atom is -0.356 e. The van der Waals surface area contributed by atoms with Crippen LogP contribution in [0.5, 0.6) is 0 Å². The van der Waals surface area contributed by atoms with Gasteiger partial charge in [0.2, 0.25) is 0 Å². The average Bonchev–Trinajstić information content (AvgIpc) is 3.02. The van der Waals surface area contributed by atoms with Gasteiger partial charge in [0.25, 0.3) is 0 Å². The van der Waals surface area contributed by atoms with Crippen LogP contribution in [0.3, 0.4) is 0 Å². The van der Waals surface area contributed by atoms with Gasteiger partial charge >= 0.3 is 0 Å². The molecule has 6 nitrogen and oxygen atoms in total. The van der Waals surface area contributed by atoms with Crippen LogP contribution < -0.4 is 10.6 Å². The van der Waals surface area contributed by atoms with E-state index >= 15 is 0 Å². The molecule has 7 heteroatoms. The fraction of sp³-hybridized carbons (Fsp3) is 0.600. The van der Waals surface area contributed by atoms with Crippen molar-refractivity contribution in [3.05, 3.63) is 30.1 Å². The minimum absolute atomic E-state index is 0. The number of hydrogen-bond donors (Lipinski definition) is 3. The van der Waals surface area contributed by atoms with Gasteiger partial charge in [-0.15, -0.1) is 24.0 Å². The first-order valence-electron chi connectivity index (χ1n) is 9.65. The first-order chi connectivity index (χ1) is 12.5. The predicted molar refractivity (Wildman–Crippen MR) is 126 cm³/mol. The third-order valence-corrected chi connectivity index (χ3v) is 4.53. The molecular weight excluding hydrogens is 451 g/mol. The zero-order valence-electron chi connectivity index (χ0n) is 17.2. The lowest BCUT2D eigenvalue weighted by Crippen LogP contribution is -2.45. The van der Waals surface area contributed by atoms with Gasteiger partial charge in [0.15, 0.2) is 5.96 Å². The quantitative estimate of drug-likeness (QED) is 0.220. The Hall–Kier alpha value is -1.35. The number of hydrogen-bond acceptors (Lipinski definition) is 3. The van der Waals surface area contributed by atoms with E-state index in [1.54, 1.807) is 0 Å². The highest BCUT2D eigenvalue weighted by molar-refractivity contribution is 14.0. The van der Waals surface area contributed by atoms with Crippen molar-refractivity contribution >= 4 is 41.0 Å². The Morgan fingerprint density at radius 3 is 2.41 bits per heavy atom. The number of nitrogens with zero attached hydrogens (tertiary/aromatic N) is 3. The fourth-order valence-electron chi connectivity index (χ4n) is 3.22. The smallest absolute Gasteiger partial charge is 0.191 e. The van der Waals surface area contributed by atoms with Crippen LogP contribution in [0.2, 0.25) is 0 Å². The number of rotatable bonds is 9. The van der Waals surface area contributed by atoms with Gasteiger partial charge in [0.1, 0.15) is 5.82 Å². The number of aryl methyl sites for hydroxylation is 1. The predicted octanol–water partition coefficient (Wildman–Crippen LogP) is 3.40. The molecule has 2 rings (SSSR count). The third kappa shape index (κ3) is 7.65. The summed E-state index contributed by atoms with van der Waals surface area (Å²) in [7, 11) is 1.82. The van der Waals surface area contributed by atoms with E-state index in [9.17, 15) is 0 Å². The van der Waals surface area contributed by atoms with Crippen molar-refractivity contribution < 1.29 is 0 Å². The van der Waals surface area contributed by atoms with Crippen LogP contribution in [0.15, 0.2) is 29.3 Å². The van der Waals surface area contributed by atoms with Crippen molar-refractivity contribution in [3.8, 4) is 0 Å². The van der Waals surface area contributed by atoms with Crippen LogP contribution in [0.4, 0.5) is 0 Å². The Morgan fingerprint density at radius 2 is 1.78 bits per heavy atom. The molecule has 0 unspecified atom stereocenters. The van der Waals surface area contributed by atoms with E-state index < -0.39 is 0 Å². The maximum absolute atomic E-state index is 4.62. The normalized spacial score (nSPS) is 12.1. The van der Waals surface area contributed by atoms with Crippen molar-refractivity contribution in [2.75, 3.05) is 26.7 Å². The molecular formula is C20H35IN6. The summed E-state index contributed by atoms with van der Waals surface area (Å²) in [5.74, 6) is 1.91. The molecule has 0 aliphatic carbocycles. The Balaban J connectivity index is 0.00000364. The first kappa shape index (κ1) is 23.7. The van der Waals surface area contributed by atoms with E-state index in [1.165, 1.54) is 0 Å². The van der Waals surface area contributed by atoms with Crippen molar-refractivity contribution in [1.82, 2.24) is 25.5 Å². The monoisotopic (exact) mass is 486 g/mol. The summed E-state index contributed by atoms with van der Waals surface area (Å²) >= 11 is 0. The van der Waals surface area contributed by atoms with Crippen molar-refractivity contribution in [1.29, 1.82) is 0 Å². The van der Waals surface area contributed by atoms with Gasteiger partial charge in [-0.2, -0.15) is 0 Å². The topological polar surface area (TPSA) is 68.3 Å². The molecule has 0 saturated heterocycles. The second-order valence-corrected chi connectivity index (χ2v) is 7.16. The molecule has 0 atom stereocenters. The van der Waals surface area contributed by atoms with Gasteiger partial charge in [-0.05, 0) is 46.2 Å². The number of aliphatic imine (C=N–C) groups is 1. The Kier molecular flexibility index (Phi) is 10.7. The number of guanidine groups is 1. The summed E-state index contributed by atoms with van der Waals surface area (Å²) in [4.78, 5) is 14.8. The third-order valence-electron chi connectivity index (χ3n) is 4.53. The molecule has 3 N–H and O–H groups in total. The maximum Gasteiger partial charge on any atom is 0.191 e. The molecule has 0 bridgehead atoms. The maximum atomic E-state index is 4.62. The summed E-state index contributed by atoms with van der Waals surface area (Å²) < 4.78 is 0. The van der Waals surface area contributed by atoms with Crippen molar-refractivity contribution in [2.24, 2.45) is 4.99 Å². The van der Waals surface area contributed by atoms with Crippen LogP contribution in [0.1, 0.15) is 39.9 Å². The van der Waals surface area contributed by atoms with Gasteiger partial charge in [-0.3, -0.25) is 9.89 Å². The number of halogens is 1. The number of H-pyrrole nitrogens is 1. The van der Waals surface area contributed by atoms with Crippen molar-refractivity contribution in [2.45, 2.75) is 52.6 Å². The lowest BCUT2D eigenvalue weighted by molar-refractivity contribution is 0.178. The molecule has 0 spiro atoms. The van der Waals surface area contributed by atoms with Gasteiger partial charge in [0, 0.05) is 45.2 Å². The number of fused-ring (bicyclic) bond motifs is 1. The van der Waals surface area contributed by atoms with E-state index in [0.29, 0.717) is 12.1 Å². The van der Waals surface area contributed by atoms with Crippen LogP contribution in [0, 0.1) is 0 Å². The first-order valence-corrected chi connectivity index (χ1v) is 9.65. The number of aromatic amines is 1. The molecule has 0 aliphatic rings. The molecule has 0 amide bonds. The average molecular weight is 486 g/mol. The highest BCUT2D eigenvalue weighted by Crippen LogP contribution is 2.11. The number of aromatic nitrogens is 2. The van der Waals surface area contributed by atoms with Crippen LogP contribution in [-0.4, -0.2) is 59.6 Å². The van der Waals surface area contributed by atoms with Crippen LogP contribution >= 0.6 is 24.0 Å². The second kappa shape index (κ2) is 12.2. The van der Waals surface area contributed by atoms with Gasteiger partial charge in [-0.25, -0.2) is 4.98 Å². The Morgan fingerprint density at radius 1 is 1.11 bits per heavy atom. The lowest BCUT2D eigenvalue weighted by Gasteiger charge is -2.30. The second-order valence-electron chi connectivity index (χ2n) is 7.16. The van der Waals surface area contributed by atoms with E-state index in [-0.39, 0.29) is 24.0 Å². The van der Waals surface area contributed by atoms with E-state index in [0.717, 1.165) is 55.3 Å². The highest BCUT2D eigenvalue weighted by atomic mass is 127. The van der Waals surface area contributed by atoms with E-state index in [1.807, 2.05) is 25.2 Å². The minimum atomic E-state index is 0. The lowest BCUT2D eigenvalue weighted by atomic mass is 10.2. The Labute approximate surface area is 180 Å². The Bertz CT molecular complexity index is 654. The van der Waals surface area contributed by atoms with Gasteiger partial charge in [-0.1, -0.05) is 12.1 Å². The number of nitrogens with one attached hydrogen (secondary N) is 3. The number of imidazole rings is 1. The highest BCUT2D eigenvalue weighted by Gasteiger charge is 2.12.